The van der Waals surface area contributed by atoms with Crippen LogP contribution in [-0.2, 0) is 30.5 Å². The molecular formula is C31H35N3O6. The van der Waals surface area contributed by atoms with E-state index in [0.717, 1.165) is 5.56 Å². The number of piperidine rings is 1. The molecule has 2 aliphatic rings. The van der Waals surface area contributed by atoms with Gasteiger partial charge in [-0.2, -0.15) is 5.26 Å². The largest absolute Gasteiger partial charge is 0.456 e. The first-order chi connectivity index (χ1) is 19.1. The van der Waals surface area contributed by atoms with Gasteiger partial charge in [-0.15, -0.1) is 0 Å². The minimum absolute atomic E-state index is 0.177. The van der Waals surface area contributed by atoms with Gasteiger partial charge in [-0.25, -0.2) is 4.79 Å². The maximum atomic E-state index is 13.7. The van der Waals surface area contributed by atoms with Gasteiger partial charge in [-0.3, -0.25) is 14.4 Å². The van der Waals surface area contributed by atoms with Crippen molar-refractivity contribution in [1.29, 1.82) is 5.26 Å². The molecule has 2 aromatic carbocycles. The zero-order valence-electron chi connectivity index (χ0n) is 23.2. The smallest absolute Gasteiger partial charge is 0.375 e. The van der Waals surface area contributed by atoms with Crippen molar-refractivity contribution in [2.24, 2.45) is 5.41 Å². The molecule has 2 atom stereocenters. The highest BCUT2D eigenvalue weighted by atomic mass is 16.5. The van der Waals surface area contributed by atoms with Crippen LogP contribution in [-0.4, -0.2) is 71.3 Å². The molecule has 9 nitrogen and oxygen atoms in total. The SMILES string of the molecule is CC(C)(C)C(=O)C(=O)OC1CCN(C(=O)[C@@H]2CC(OCc3ccccc3)CN2C(=O)c2ccc(C#N)cc2)CC1. The number of carbonyl (C=O) groups excluding carboxylic acids is 4. The molecule has 0 bridgehead atoms. The van der Waals surface area contributed by atoms with Gasteiger partial charge in [0.1, 0.15) is 12.1 Å². The van der Waals surface area contributed by atoms with Gasteiger partial charge in [0.15, 0.2) is 0 Å². The summed E-state index contributed by atoms with van der Waals surface area (Å²) in [6.45, 7) is 6.35. The summed E-state index contributed by atoms with van der Waals surface area (Å²) < 4.78 is 11.5. The Labute approximate surface area is 234 Å². The normalized spacial score (nSPS) is 19.6. The first-order valence-corrected chi connectivity index (χ1v) is 13.6. The molecule has 4 rings (SSSR count). The number of amides is 2. The minimum atomic E-state index is -0.842. The highest BCUT2D eigenvalue weighted by Crippen LogP contribution is 2.27. The van der Waals surface area contributed by atoms with Gasteiger partial charge in [-0.05, 0) is 29.8 Å². The number of likely N-dealkylation sites (tertiary alicyclic amines) is 2. The van der Waals surface area contributed by atoms with E-state index in [1.54, 1.807) is 54.8 Å². The summed E-state index contributed by atoms with van der Waals surface area (Å²) in [5.41, 5.74) is 1.03. The zero-order valence-corrected chi connectivity index (χ0v) is 23.2. The van der Waals surface area contributed by atoms with Gasteiger partial charge in [-0.1, -0.05) is 51.1 Å². The number of nitrogens with zero attached hydrogens (tertiary/aromatic N) is 3. The zero-order chi connectivity index (χ0) is 28.9. The fourth-order valence-corrected chi connectivity index (χ4v) is 4.93. The van der Waals surface area contributed by atoms with E-state index >= 15 is 0 Å². The maximum Gasteiger partial charge on any atom is 0.375 e. The number of Topliss-reactive ketones (excluding diaryl/α,β-unsaturated/α-hetero) is 1. The monoisotopic (exact) mass is 545 g/mol. The third-order valence-corrected chi connectivity index (χ3v) is 7.29. The topological polar surface area (TPSA) is 117 Å². The Morgan fingerprint density at radius 1 is 0.950 bits per heavy atom. The Bertz CT molecular complexity index is 1270. The molecule has 0 spiro atoms. The Balaban J connectivity index is 1.42. The first-order valence-electron chi connectivity index (χ1n) is 13.6. The molecule has 2 fully saturated rings. The molecule has 2 aliphatic heterocycles. The van der Waals surface area contributed by atoms with E-state index in [1.807, 2.05) is 36.4 Å². The highest BCUT2D eigenvalue weighted by Gasteiger charge is 2.43. The van der Waals surface area contributed by atoms with Crippen LogP contribution in [0.1, 0.15) is 61.5 Å². The van der Waals surface area contributed by atoms with Crippen molar-refractivity contribution in [2.45, 2.75) is 64.9 Å². The van der Waals surface area contributed by atoms with E-state index in [-0.39, 0.29) is 24.5 Å². The van der Waals surface area contributed by atoms with Crippen LogP contribution in [0, 0.1) is 16.7 Å². The lowest BCUT2D eigenvalue weighted by molar-refractivity contribution is -0.163. The standard InChI is InChI=1S/C31H35N3O6/c1-31(2,3)27(35)30(38)40-24-13-15-33(16-14-24)29(37)26-17-25(39-20-22-7-5-4-6-8-22)19-34(26)28(36)23-11-9-21(18-32)10-12-23/h4-12,24-26H,13-17,19-20H2,1-3H3/t25?,26-/m0/s1. The number of ketones is 1. The molecule has 210 valence electrons. The fraction of sp³-hybridized carbons (Fsp3) is 0.452. The third kappa shape index (κ3) is 6.93. The second-order valence-corrected chi connectivity index (χ2v) is 11.3. The molecule has 0 N–H and O–H groups in total. The summed E-state index contributed by atoms with van der Waals surface area (Å²) in [6.07, 6.45) is 0.434. The Morgan fingerprint density at radius 2 is 1.60 bits per heavy atom. The summed E-state index contributed by atoms with van der Waals surface area (Å²) in [4.78, 5) is 54.9. The summed E-state index contributed by atoms with van der Waals surface area (Å²) >= 11 is 0. The number of esters is 1. The van der Waals surface area contributed by atoms with Crippen LogP contribution in [0.5, 0.6) is 0 Å². The van der Waals surface area contributed by atoms with E-state index in [4.69, 9.17) is 14.7 Å². The third-order valence-electron chi connectivity index (χ3n) is 7.29. The fourth-order valence-electron chi connectivity index (χ4n) is 4.93. The molecule has 0 radical (unpaired) electrons. The van der Waals surface area contributed by atoms with Gasteiger partial charge in [0.2, 0.25) is 11.7 Å². The van der Waals surface area contributed by atoms with Crippen LogP contribution >= 0.6 is 0 Å². The quantitative estimate of drug-likeness (QED) is 0.386. The van der Waals surface area contributed by atoms with Crippen LogP contribution in [0.15, 0.2) is 54.6 Å². The number of hydrogen-bond acceptors (Lipinski definition) is 7. The van der Waals surface area contributed by atoms with E-state index in [1.165, 1.54) is 0 Å². The average Bonchev–Trinajstić information content (AvgIpc) is 3.39. The lowest BCUT2D eigenvalue weighted by atomic mass is 9.91. The van der Waals surface area contributed by atoms with Crippen molar-refractivity contribution >= 4 is 23.6 Å². The van der Waals surface area contributed by atoms with Gasteiger partial charge >= 0.3 is 5.97 Å². The Morgan fingerprint density at radius 3 is 2.20 bits per heavy atom. The van der Waals surface area contributed by atoms with Gasteiger partial charge in [0.05, 0.1) is 24.3 Å². The molecule has 2 aromatic rings. The average molecular weight is 546 g/mol. The molecule has 40 heavy (non-hydrogen) atoms. The summed E-state index contributed by atoms with van der Waals surface area (Å²) in [5.74, 6) is -1.89. The second-order valence-electron chi connectivity index (χ2n) is 11.3. The van der Waals surface area contributed by atoms with Crippen molar-refractivity contribution < 1.29 is 28.7 Å². The molecule has 2 heterocycles. The number of ether oxygens (including phenoxy) is 2. The van der Waals surface area contributed by atoms with E-state index in [9.17, 15) is 19.2 Å². The molecule has 0 aliphatic carbocycles. The van der Waals surface area contributed by atoms with E-state index < -0.39 is 29.3 Å². The van der Waals surface area contributed by atoms with Crippen LogP contribution in [0.25, 0.3) is 0 Å². The Kier molecular flexibility index (Phi) is 9.00. The van der Waals surface area contributed by atoms with Crippen LogP contribution in [0.2, 0.25) is 0 Å². The minimum Gasteiger partial charge on any atom is -0.456 e. The van der Waals surface area contributed by atoms with Crippen molar-refractivity contribution in [3.05, 3.63) is 71.3 Å². The summed E-state index contributed by atoms with van der Waals surface area (Å²) in [6, 6.07) is 17.4. The number of hydrogen-bond donors (Lipinski definition) is 0. The van der Waals surface area contributed by atoms with Gasteiger partial charge in [0.25, 0.3) is 5.91 Å². The van der Waals surface area contributed by atoms with Crippen molar-refractivity contribution in [3.63, 3.8) is 0 Å². The predicted octanol–water partition coefficient (Wildman–Crippen LogP) is 3.51. The maximum absolute atomic E-state index is 13.7. The van der Waals surface area contributed by atoms with Crippen molar-refractivity contribution in [1.82, 2.24) is 9.80 Å². The molecule has 2 amide bonds. The van der Waals surface area contributed by atoms with Crippen LogP contribution in [0.4, 0.5) is 0 Å². The number of carbonyl (C=O) groups is 4. The van der Waals surface area contributed by atoms with Crippen molar-refractivity contribution in [3.8, 4) is 6.07 Å². The Hall–Kier alpha value is -4.03. The number of nitriles is 1. The molecule has 0 saturated carbocycles. The van der Waals surface area contributed by atoms with Crippen LogP contribution < -0.4 is 0 Å². The van der Waals surface area contributed by atoms with Crippen molar-refractivity contribution in [2.75, 3.05) is 19.6 Å². The number of rotatable bonds is 7. The van der Waals surface area contributed by atoms with Gasteiger partial charge in [0, 0.05) is 49.9 Å². The molecular weight excluding hydrogens is 510 g/mol. The molecule has 2 saturated heterocycles. The molecule has 0 aromatic heterocycles. The van der Waals surface area contributed by atoms with E-state index in [2.05, 4.69) is 0 Å². The lowest BCUT2D eigenvalue weighted by Gasteiger charge is -2.35. The molecule has 9 heteroatoms. The van der Waals surface area contributed by atoms with E-state index in [0.29, 0.717) is 50.1 Å². The second kappa shape index (κ2) is 12.4. The highest BCUT2D eigenvalue weighted by molar-refractivity contribution is 6.35. The summed E-state index contributed by atoms with van der Waals surface area (Å²) in [5, 5.41) is 9.10. The number of benzene rings is 2. The molecule has 1 unspecified atom stereocenters. The first kappa shape index (κ1) is 29.0. The van der Waals surface area contributed by atoms with Crippen LogP contribution in [0.3, 0.4) is 0 Å². The lowest BCUT2D eigenvalue weighted by Crippen LogP contribution is -2.51. The van der Waals surface area contributed by atoms with Gasteiger partial charge < -0.3 is 19.3 Å². The summed E-state index contributed by atoms with van der Waals surface area (Å²) in [7, 11) is 0. The predicted molar refractivity (Wildman–Crippen MR) is 146 cm³/mol.